The number of para-hydroxylation sites is 1. The molecule has 1 heterocycles. The van der Waals surface area contributed by atoms with Crippen molar-refractivity contribution < 1.29 is 4.84 Å². The Kier molecular flexibility index (Phi) is 9.50. The number of nitrogens with one attached hydrogen (secondary N) is 2. The van der Waals surface area contributed by atoms with Gasteiger partial charge >= 0.3 is 0 Å². The van der Waals surface area contributed by atoms with Crippen LogP contribution in [-0.4, -0.2) is 60.9 Å². The second-order valence-corrected chi connectivity index (χ2v) is 9.87. The van der Waals surface area contributed by atoms with Crippen molar-refractivity contribution in [3.8, 4) is 0 Å². The summed E-state index contributed by atoms with van der Waals surface area (Å²) in [6.45, 7) is 7.74. The molecule has 0 amide bonds. The molecule has 1 fully saturated rings. The number of benzene rings is 2. The van der Waals surface area contributed by atoms with Gasteiger partial charge in [-0.05, 0) is 55.4 Å². The lowest BCUT2D eigenvalue weighted by Crippen LogP contribution is -2.37. The average molecular weight is 491 g/mol. The topological polar surface area (TPSA) is 65.6 Å². The first-order chi connectivity index (χ1) is 17.6. The minimum atomic E-state index is 0.414. The van der Waals surface area contributed by atoms with Crippen molar-refractivity contribution in [3.05, 3.63) is 59.7 Å². The molecule has 1 aromatic heterocycles. The standard InChI is InChI=1S/C29H42N6O/c1-5-35(6-2)36-20-19-22-11-13-23(14-12-22)21-30-24-15-17-25(18-16-24)31-29-32-27-10-8-7-9-26(27)28(33-29)34(3)4/h7-14,24-25,30H,5-6,15-21H2,1-4H3,(H,31,32,33). The second-order valence-electron chi connectivity index (χ2n) is 9.87. The lowest BCUT2D eigenvalue weighted by atomic mass is 9.91. The van der Waals surface area contributed by atoms with Crippen LogP contribution in [0.3, 0.4) is 0 Å². The van der Waals surface area contributed by atoms with Gasteiger partial charge in [0, 0.05) is 51.2 Å². The highest BCUT2D eigenvalue weighted by atomic mass is 16.7. The van der Waals surface area contributed by atoms with Gasteiger partial charge in [-0.15, -0.1) is 0 Å². The highest BCUT2D eigenvalue weighted by Gasteiger charge is 2.22. The highest BCUT2D eigenvalue weighted by Crippen LogP contribution is 2.26. The summed E-state index contributed by atoms with van der Waals surface area (Å²) in [5, 5.41) is 10.5. The molecular formula is C29H42N6O. The van der Waals surface area contributed by atoms with Crippen LogP contribution in [0.5, 0.6) is 0 Å². The Labute approximate surface area is 216 Å². The maximum absolute atomic E-state index is 5.79. The molecule has 0 radical (unpaired) electrons. The predicted octanol–water partition coefficient (Wildman–Crippen LogP) is 5.02. The molecule has 3 aromatic rings. The summed E-state index contributed by atoms with van der Waals surface area (Å²) in [5.41, 5.74) is 3.65. The number of anilines is 2. The van der Waals surface area contributed by atoms with Crippen molar-refractivity contribution >= 4 is 22.7 Å². The fraction of sp³-hybridized carbons (Fsp3) is 0.517. The number of fused-ring (bicyclic) bond motifs is 1. The number of aromatic nitrogens is 2. The molecule has 1 aliphatic carbocycles. The van der Waals surface area contributed by atoms with Crippen LogP contribution in [0.2, 0.25) is 0 Å². The third-order valence-electron chi connectivity index (χ3n) is 7.05. The third-order valence-corrected chi connectivity index (χ3v) is 7.05. The van der Waals surface area contributed by atoms with Gasteiger partial charge in [-0.25, -0.2) is 4.98 Å². The fourth-order valence-corrected chi connectivity index (χ4v) is 4.87. The predicted molar refractivity (Wildman–Crippen MR) is 149 cm³/mol. The van der Waals surface area contributed by atoms with Crippen molar-refractivity contribution in [2.75, 3.05) is 44.0 Å². The van der Waals surface area contributed by atoms with E-state index < -0.39 is 0 Å². The van der Waals surface area contributed by atoms with Gasteiger partial charge < -0.3 is 15.5 Å². The van der Waals surface area contributed by atoms with E-state index in [4.69, 9.17) is 14.8 Å². The zero-order valence-corrected chi connectivity index (χ0v) is 22.3. The van der Waals surface area contributed by atoms with Crippen LogP contribution < -0.4 is 15.5 Å². The molecule has 1 aliphatic rings. The van der Waals surface area contributed by atoms with Crippen LogP contribution in [0, 0.1) is 0 Å². The molecule has 0 bridgehead atoms. The summed E-state index contributed by atoms with van der Waals surface area (Å²) in [6, 6.07) is 18.1. The number of hydrogen-bond donors (Lipinski definition) is 2. The molecule has 0 aliphatic heterocycles. The van der Waals surface area contributed by atoms with Crippen LogP contribution in [0.4, 0.5) is 11.8 Å². The Balaban J connectivity index is 1.21. The molecule has 4 rings (SSSR count). The van der Waals surface area contributed by atoms with Crippen LogP contribution in [-0.2, 0) is 17.8 Å². The van der Waals surface area contributed by atoms with Gasteiger partial charge in [0.2, 0.25) is 5.95 Å². The molecule has 2 N–H and O–H groups in total. The van der Waals surface area contributed by atoms with Crippen LogP contribution in [0.15, 0.2) is 48.5 Å². The molecule has 194 valence electrons. The van der Waals surface area contributed by atoms with Crippen molar-refractivity contribution in [1.29, 1.82) is 0 Å². The molecule has 1 saturated carbocycles. The summed E-state index contributed by atoms with van der Waals surface area (Å²) in [6.07, 6.45) is 5.50. The van der Waals surface area contributed by atoms with E-state index in [0.717, 1.165) is 81.0 Å². The Hall–Kier alpha value is -2.74. The van der Waals surface area contributed by atoms with Crippen molar-refractivity contribution in [2.45, 2.75) is 64.6 Å². The summed E-state index contributed by atoms with van der Waals surface area (Å²) < 4.78 is 0. The van der Waals surface area contributed by atoms with Gasteiger partial charge in [0.15, 0.2) is 0 Å². The Morgan fingerprint density at radius 3 is 2.22 bits per heavy atom. The summed E-state index contributed by atoms with van der Waals surface area (Å²) >= 11 is 0. The fourth-order valence-electron chi connectivity index (χ4n) is 4.87. The number of hydroxylamine groups is 2. The first-order valence-electron chi connectivity index (χ1n) is 13.5. The maximum atomic E-state index is 5.79. The highest BCUT2D eigenvalue weighted by molar-refractivity contribution is 5.90. The van der Waals surface area contributed by atoms with Gasteiger partial charge in [-0.2, -0.15) is 10.0 Å². The Morgan fingerprint density at radius 2 is 1.53 bits per heavy atom. The minimum Gasteiger partial charge on any atom is -0.362 e. The van der Waals surface area contributed by atoms with Gasteiger partial charge in [0.25, 0.3) is 0 Å². The summed E-state index contributed by atoms with van der Waals surface area (Å²) in [5.74, 6) is 1.69. The first kappa shape index (κ1) is 26.3. The van der Waals surface area contributed by atoms with Gasteiger partial charge in [-0.3, -0.25) is 4.84 Å². The molecular weight excluding hydrogens is 448 g/mol. The smallest absolute Gasteiger partial charge is 0.225 e. The van der Waals surface area contributed by atoms with E-state index in [-0.39, 0.29) is 0 Å². The molecule has 0 unspecified atom stereocenters. The maximum Gasteiger partial charge on any atom is 0.225 e. The first-order valence-corrected chi connectivity index (χ1v) is 13.5. The van der Waals surface area contributed by atoms with Crippen molar-refractivity contribution in [2.24, 2.45) is 0 Å². The van der Waals surface area contributed by atoms with E-state index in [1.807, 2.05) is 31.3 Å². The normalized spacial score (nSPS) is 18.0. The van der Waals surface area contributed by atoms with Crippen LogP contribution in [0.25, 0.3) is 10.9 Å². The lowest BCUT2D eigenvalue weighted by molar-refractivity contribution is -0.151. The molecule has 0 spiro atoms. The SMILES string of the molecule is CCN(CC)OCCc1ccc(CNC2CCC(Nc3nc(N(C)C)c4ccccc4n3)CC2)cc1. The minimum absolute atomic E-state index is 0.414. The summed E-state index contributed by atoms with van der Waals surface area (Å²) in [4.78, 5) is 17.4. The van der Waals surface area contributed by atoms with E-state index in [1.165, 1.54) is 11.1 Å². The van der Waals surface area contributed by atoms with Gasteiger partial charge in [0.05, 0.1) is 12.1 Å². The zero-order chi connectivity index (χ0) is 25.3. The van der Waals surface area contributed by atoms with Crippen molar-refractivity contribution in [3.63, 3.8) is 0 Å². The summed E-state index contributed by atoms with van der Waals surface area (Å²) in [7, 11) is 4.07. The molecule has 0 saturated heterocycles. The average Bonchev–Trinajstić information content (AvgIpc) is 2.91. The van der Waals surface area contributed by atoms with Crippen LogP contribution >= 0.6 is 0 Å². The van der Waals surface area contributed by atoms with E-state index in [9.17, 15) is 0 Å². The van der Waals surface area contributed by atoms with E-state index in [1.54, 1.807) is 0 Å². The Morgan fingerprint density at radius 1 is 0.861 bits per heavy atom. The molecule has 7 heteroatoms. The van der Waals surface area contributed by atoms with Gasteiger partial charge in [-0.1, -0.05) is 50.2 Å². The Bertz CT molecular complexity index is 1070. The van der Waals surface area contributed by atoms with Crippen molar-refractivity contribution in [1.82, 2.24) is 20.3 Å². The second kappa shape index (κ2) is 13.0. The molecule has 7 nitrogen and oxygen atoms in total. The zero-order valence-electron chi connectivity index (χ0n) is 22.3. The quantitative estimate of drug-likeness (QED) is 0.345. The molecule has 2 aromatic carbocycles. The van der Waals surface area contributed by atoms with E-state index >= 15 is 0 Å². The molecule has 0 atom stereocenters. The monoisotopic (exact) mass is 490 g/mol. The number of rotatable bonds is 12. The molecule has 36 heavy (non-hydrogen) atoms. The number of hydrogen-bond acceptors (Lipinski definition) is 7. The van der Waals surface area contributed by atoms with Gasteiger partial charge in [0.1, 0.15) is 5.82 Å². The lowest BCUT2D eigenvalue weighted by Gasteiger charge is -2.30. The largest absolute Gasteiger partial charge is 0.362 e. The van der Waals surface area contributed by atoms with E-state index in [0.29, 0.717) is 12.1 Å². The number of nitrogens with zero attached hydrogens (tertiary/aromatic N) is 4. The van der Waals surface area contributed by atoms with E-state index in [2.05, 4.69) is 65.8 Å². The third kappa shape index (κ3) is 7.15. The van der Waals surface area contributed by atoms with Crippen LogP contribution in [0.1, 0.15) is 50.7 Å².